The van der Waals surface area contributed by atoms with Gasteiger partial charge in [-0.1, -0.05) is 6.92 Å². The van der Waals surface area contributed by atoms with Crippen molar-refractivity contribution in [2.75, 3.05) is 20.2 Å². The number of nitrogens with zero attached hydrogens (tertiary/aromatic N) is 1. The molecule has 4 nitrogen and oxygen atoms in total. The zero-order valence-corrected chi connectivity index (χ0v) is 10.8. The fraction of sp³-hybridized carbons (Fsp3) is 0.417. The molecule has 0 bridgehead atoms. The molecule has 0 spiro atoms. The number of nitrogens with one attached hydrogen (secondary N) is 1. The normalized spacial score (nSPS) is 10.7. The molecule has 92 valence electrons. The van der Waals surface area contributed by atoms with Crippen molar-refractivity contribution in [2.24, 2.45) is 0 Å². The number of rotatable bonds is 6. The number of oxazole rings is 1. The van der Waals surface area contributed by atoms with Crippen LogP contribution in [0, 0.1) is 0 Å². The molecule has 0 saturated heterocycles. The Morgan fingerprint density at radius 1 is 1.53 bits per heavy atom. The number of methoxy groups -OCH3 is 1. The first-order valence-corrected chi connectivity index (χ1v) is 6.49. The Balaban J connectivity index is 2.02. The van der Waals surface area contributed by atoms with E-state index in [1.54, 1.807) is 24.6 Å². The van der Waals surface area contributed by atoms with Gasteiger partial charge in [-0.2, -0.15) is 0 Å². The van der Waals surface area contributed by atoms with Crippen molar-refractivity contribution in [3.8, 4) is 16.4 Å². The van der Waals surface area contributed by atoms with Crippen LogP contribution in [0.5, 0.6) is 5.75 Å². The highest BCUT2D eigenvalue weighted by Crippen LogP contribution is 2.31. The first kappa shape index (κ1) is 12.1. The van der Waals surface area contributed by atoms with Gasteiger partial charge in [-0.25, -0.2) is 4.98 Å². The summed E-state index contributed by atoms with van der Waals surface area (Å²) in [6.07, 6.45) is 2.59. The number of ether oxygens (including phenoxy) is 1. The van der Waals surface area contributed by atoms with Crippen molar-refractivity contribution in [1.29, 1.82) is 0 Å². The Labute approximate surface area is 105 Å². The average Bonchev–Trinajstić information content (AvgIpc) is 2.97. The summed E-state index contributed by atoms with van der Waals surface area (Å²) in [5.74, 6) is 2.44. The number of hydrogen-bond acceptors (Lipinski definition) is 5. The lowest BCUT2D eigenvalue weighted by Gasteiger charge is -1.96. The molecule has 2 heterocycles. The topological polar surface area (TPSA) is 47.3 Å². The largest absolute Gasteiger partial charge is 0.496 e. The summed E-state index contributed by atoms with van der Waals surface area (Å²) in [7, 11) is 1.66. The van der Waals surface area contributed by atoms with Gasteiger partial charge in [0, 0.05) is 24.4 Å². The molecule has 1 N–H and O–H groups in total. The van der Waals surface area contributed by atoms with E-state index in [1.807, 2.05) is 11.4 Å². The monoisotopic (exact) mass is 252 g/mol. The van der Waals surface area contributed by atoms with E-state index in [1.165, 1.54) is 0 Å². The van der Waals surface area contributed by atoms with E-state index in [-0.39, 0.29) is 0 Å². The van der Waals surface area contributed by atoms with Crippen LogP contribution >= 0.6 is 11.3 Å². The number of thiophene rings is 1. The van der Waals surface area contributed by atoms with Gasteiger partial charge in [-0.3, -0.25) is 0 Å². The maximum Gasteiger partial charge on any atom is 0.196 e. The minimum Gasteiger partial charge on any atom is -0.496 e. The molecule has 0 unspecified atom stereocenters. The molecule has 0 radical (unpaired) electrons. The van der Waals surface area contributed by atoms with E-state index >= 15 is 0 Å². The van der Waals surface area contributed by atoms with Gasteiger partial charge in [0.2, 0.25) is 0 Å². The Morgan fingerprint density at radius 3 is 3.12 bits per heavy atom. The summed E-state index contributed by atoms with van der Waals surface area (Å²) in [5, 5.41) is 5.20. The van der Waals surface area contributed by atoms with Crippen LogP contribution in [0.2, 0.25) is 0 Å². The summed E-state index contributed by atoms with van der Waals surface area (Å²) < 4.78 is 10.8. The van der Waals surface area contributed by atoms with Crippen molar-refractivity contribution >= 4 is 11.3 Å². The van der Waals surface area contributed by atoms with Crippen LogP contribution < -0.4 is 10.1 Å². The molecule has 2 rings (SSSR count). The summed E-state index contributed by atoms with van der Waals surface area (Å²) >= 11 is 1.59. The SMILES string of the molecule is CCNCCc1ncc(-c2cc(OC)cs2)o1. The molecule has 0 fully saturated rings. The van der Waals surface area contributed by atoms with Crippen molar-refractivity contribution in [3.63, 3.8) is 0 Å². The Hall–Kier alpha value is -1.33. The van der Waals surface area contributed by atoms with E-state index in [0.29, 0.717) is 0 Å². The third-order valence-corrected chi connectivity index (χ3v) is 3.30. The molecule has 2 aromatic heterocycles. The predicted octanol–water partition coefficient (Wildman–Crippen LogP) is 2.56. The fourth-order valence-electron chi connectivity index (χ4n) is 1.47. The van der Waals surface area contributed by atoms with Crippen LogP contribution in [0.1, 0.15) is 12.8 Å². The summed E-state index contributed by atoms with van der Waals surface area (Å²) in [4.78, 5) is 5.30. The van der Waals surface area contributed by atoms with E-state index in [2.05, 4.69) is 17.2 Å². The second-order valence-electron chi connectivity index (χ2n) is 3.57. The van der Waals surface area contributed by atoms with Crippen LogP contribution in [0.15, 0.2) is 22.1 Å². The minimum atomic E-state index is 0.772. The van der Waals surface area contributed by atoms with Crippen LogP contribution in [0.4, 0.5) is 0 Å². The molecule has 0 aliphatic carbocycles. The Kier molecular flexibility index (Phi) is 4.17. The molecule has 0 saturated carbocycles. The van der Waals surface area contributed by atoms with Gasteiger partial charge in [0.25, 0.3) is 0 Å². The van der Waals surface area contributed by atoms with Gasteiger partial charge in [0.1, 0.15) is 5.75 Å². The second kappa shape index (κ2) is 5.84. The zero-order chi connectivity index (χ0) is 12.1. The fourth-order valence-corrected chi connectivity index (χ4v) is 2.27. The van der Waals surface area contributed by atoms with Crippen molar-refractivity contribution in [2.45, 2.75) is 13.3 Å². The Bertz CT molecular complexity index is 465. The maximum absolute atomic E-state index is 5.68. The molecule has 0 aromatic carbocycles. The predicted molar refractivity (Wildman–Crippen MR) is 68.6 cm³/mol. The lowest BCUT2D eigenvalue weighted by Crippen LogP contribution is -2.16. The third kappa shape index (κ3) is 3.08. The molecule has 5 heteroatoms. The summed E-state index contributed by atoms with van der Waals surface area (Å²) in [6, 6.07) is 1.96. The van der Waals surface area contributed by atoms with E-state index in [0.717, 1.165) is 41.8 Å². The standard InChI is InChI=1S/C12H16N2O2S/c1-3-13-5-4-12-14-7-10(16-12)11-6-9(15-2)8-17-11/h6-8,13H,3-5H2,1-2H3. The molecule has 17 heavy (non-hydrogen) atoms. The zero-order valence-electron chi connectivity index (χ0n) is 10.0. The van der Waals surface area contributed by atoms with E-state index in [4.69, 9.17) is 9.15 Å². The van der Waals surface area contributed by atoms with Gasteiger partial charge < -0.3 is 14.5 Å². The van der Waals surface area contributed by atoms with Gasteiger partial charge in [-0.15, -0.1) is 11.3 Å². The smallest absolute Gasteiger partial charge is 0.196 e. The quantitative estimate of drug-likeness (QED) is 0.803. The maximum atomic E-state index is 5.68. The van der Waals surface area contributed by atoms with Crippen LogP contribution in [-0.4, -0.2) is 25.2 Å². The highest BCUT2D eigenvalue weighted by atomic mass is 32.1. The molecular formula is C12H16N2O2S. The van der Waals surface area contributed by atoms with Gasteiger partial charge in [-0.05, 0) is 6.54 Å². The summed E-state index contributed by atoms with van der Waals surface area (Å²) in [6.45, 7) is 3.94. The molecular weight excluding hydrogens is 236 g/mol. The molecule has 0 amide bonds. The van der Waals surface area contributed by atoms with Crippen LogP contribution in [0.25, 0.3) is 10.6 Å². The second-order valence-corrected chi connectivity index (χ2v) is 4.48. The molecule has 0 aliphatic heterocycles. The number of likely N-dealkylation sites (N-methyl/N-ethyl adjacent to an activating group) is 1. The van der Waals surface area contributed by atoms with Crippen LogP contribution in [-0.2, 0) is 6.42 Å². The van der Waals surface area contributed by atoms with Crippen LogP contribution in [0.3, 0.4) is 0 Å². The van der Waals surface area contributed by atoms with E-state index < -0.39 is 0 Å². The Morgan fingerprint density at radius 2 is 2.41 bits per heavy atom. The highest BCUT2D eigenvalue weighted by molar-refractivity contribution is 7.13. The molecule has 2 aromatic rings. The molecule has 0 atom stereocenters. The summed E-state index contributed by atoms with van der Waals surface area (Å²) in [5.41, 5.74) is 0. The van der Waals surface area contributed by atoms with Gasteiger partial charge in [0.05, 0.1) is 18.2 Å². The lowest BCUT2D eigenvalue weighted by atomic mass is 10.4. The minimum absolute atomic E-state index is 0.772. The number of hydrogen-bond donors (Lipinski definition) is 1. The third-order valence-electron chi connectivity index (χ3n) is 2.37. The van der Waals surface area contributed by atoms with E-state index in [9.17, 15) is 0 Å². The lowest BCUT2D eigenvalue weighted by molar-refractivity contribution is 0.416. The van der Waals surface area contributed by atoms with Crippen molar-refractivity contribution in [1.82, 2.24) is 10.3 Å². The molecule has 0 aliphatic rings. The number of aromatic nitrogens is 1. The average molecular weight is 252 g/mol. The van der Waals surface area contributed by atoms with Crippen molar-refractivity contribution < 1.29 is 9.15 Å². The van der Waals surface area contributed by atoms with Gasteiger partial charge in [0.15, 0.2) is 11.7 Å². The first-order chi connectivity index (χ1) is 8.33. The van der Waals surface area contributed by atoms with Gasteiger partial charge >= 0.3 is 0 Å². The highest BCUT2D eigenvalue weighted by Gasteiger charge is 2.09. The first-order valence-electron chi connectivity index (χ1n) is 5.61. The van der Waals surface area contributed by atoms with Crippen molar-refractivity contribution in [3.05, 3.63) is 23.5 Å².